The van der Waals surface area contributed by atoms with E-state index in [1.807, 2.05) is 19.9 Å². The Morgan fingerprint density at radius 3 is 2.61 bits per heavy atom. The molecule has 1 amide bonds. The van der Waals surface area contributed by atoms with Crippen molar-refractivity contribution in [3.8, 4) is 6.07 Å². The van der Waals surface area contributed by atoms with Crippen LogP contribution in [0.1, 0.15) is 59.7 Å². The van der Waals surface area contributed by atoms with E-state index in [2.05, 4.69) is 11.1 Å². The van der Waals surface area contributed by atoms with Gasteiger partial charge in [-0.05, 0) is 36.6 Å². The van der Waals surface area contributed by atoms with Gasteiger partial charge in [0, 0.05) is 11.9 Å². The molecule has 0 saturated carbocycles. The molecule has 5 nitrogen and oxygen atoms in total. The lowest BCUT2D eigenvalue weighted by Crippen LogP contribution is -2.52. The first kappa shape index (κ1) is 20.0. The summed E-state index contributed by atoms with van der Waals surface area (Å²) in [5.41, 5.74) is 6.42. The van der Waals surface area contributed by atoms with E-state index in [9.17, 15) is 14.4 Å². The molecular formula is C21H23FN4OS. The first-order chi connectivity index (χ1) is 13.3. The maximum Gasteiger partial charge on any atom is 0.239 e. The Labute approximate surface area is 168 Å². The van der Waals surface area contributed by atoms with Crippen LogP contribution in [0.3, 0.4) is 0 Å². The van der Waals surface area contributed by atoms with Crippen LogP contribution in [0, 0.1) is 11.3 Å². The van der Waals surface area contributed by atoms with Crippen LogP contribution in [0.5, 0.6) is 0 Å². The van der Waals surface area contributed by atoms with Crippen molar-refractivity contribution in [2.75, 3.05) is 7.05 Å². The molecule has 2 heterocycles. The number of likely N-dealkylation sites (N-methyl/N-ethyl adjacent to an activating group) is 1. The molecule has 0 fully saturated rings. The van der Waals surface area contributed by atoms with E-state index in [4.69, 9.17) is 5.73 Å². The fourth-order valence-corrected chi connectivity index (χ4v) is 4.50. The number of halogens is 1. The number of alkyl halides is 1. The van der Waals surface area contributed by atoms with E-state index in [0.717, 1.165) is 16.9 Å². The number of rotatable bonds is 5. The Morgan fingerprint density at radius 1 is 1.36 bits per heavy atom. The normalized spacial score (nSPS) is 23.2. The molecule has 1 aliphatic rings. The molecule has 28 heavy (non-hydrogen) atoms. The van der Waals surface area contributed by atoms with E-state index in [1.165, 1.54) is 16.2 Å². The lowest BCUT2D eigenvalue weighted by Gasteiger charge is -2.40. The highest BCUT2D eigenvalue weighted by atomic mass is 32.1. The number of nitrogens with two attached hydrogens (primary N) is 1. The summed E-state index contributed by atoms with van der Waals surface area (Å²) in [7, 11) is 1.59. The van der Waals surface area contributed by atoms with E-state index in [0.29, 0.717) is 16.9 Å². The summed E-state index contributed by atoms with van der Waals surface area (Å²) in [4.78, 5) is 20.5. The number of guanidine groups is 1. The van der Waals surface area contributed by atoms with Gasteiger partial charge in [0.05, 0.1) is 5.92 Å². The number of thiophene rings is 1. The minimum atomic E-state index is -1.01. The fourth-order valence-electron chi connectivity index (χ4n) is 3.58. The van der Waals surface area contributed by atoms with E-state index < -0.39 is 17.6 Å². The molecule has 0 radical (unpaired) electrons. The van der Waals surface area contributed by atoms with Gasteiger partial charge in [-0.15, -0.1) is 11.3 Å². The largest absolute Gasteiger partial charge is 0.369 e. The second-order valence-corrected chi connectivity index (χ2v) is 8.23. The van der Waals surface area contributed by atoms with Crippen LogP contribution < -0.4 is 5.73 Å². The molecule has 2 aromatic rings. The van der Waals surface area contributed by atoms with Gasteiger partial charge in [-0.3, -0.25) is 9.69 Å². The molecule has 0 saturated heterocycles. The number of carbonyl (C=O) groups is 1. The average Bonchev–Trinajstić information content (AvgIpc) is 3.17. The number of amides is 1. The molecule has 0 aliphatic carbocycles. The highest BCUT2D eigenvalue weighted by Gasteiger charge is 2.48. The van der Waals surface area contributed by atoms with Gasteiger partial charge in [-0.2, -0.15) is 5.26 Å². The van der Waals surface area contributed by atoms with Crippen LogP contribution in [-0.2, 0) is 10.3 Å². The van der Waals surface area contributed by atoms with Crippen LogP contribution in [0.25, 0.3) is 0 Å². The Bertz CT molecular complexity index is 946. The summed E-state index contributed by atoms with van der Waals surface area (Å²) in [5.74, 6) is -0.660. The Balaban J connectivity index is 2.07. The van der Waals surface area contributed by atoms with Gasteiger partial charge in [-0.1, -0.05) is 37.6 Å². The third kappa shape index (κ3) is 3.40. The third-order valence-corrected chi connectivity index (χ3v) is 6.44. The SMILES string of the molecule is CCCC(F)c1ccc([C@H]2C(=O)N(C)C(N)=NC2(C)c2ccc(C#N)s2)cc1. The van der Waals surface area contributed by atoms with E-state index in [1.54, 1.807) is 37.4 Å². The third-order valence-electron chi connectivity index (χ3n) is 5.22. The standard InChI is InChI=1S/C21H23FN4OS/c1-4-5-16(22)13-6-8-14(9-7-13)18-19(27)26(3)20(24)25-21(18,2)17-11-10-15(12-23)28-17/h6-11,16,18H,4-5H2,1-3H3,(H2,24,25)/t16?,18-,21?/m0/s1. The van der Waals surface area contributed by atoms with Gasteiger partial charge in [0.15, 0.2) is 5.96 Å². The predicted octanol–water partition coefficient (Wildman–Crippen LogP) is 4.22. The van der Waals surface area contributed by atoms with Crippen LogP contribution >= 0.6 is 11.3 Å². The first-order valence-corrected chi connectivity index (χ1v) is 10.0. The Hall–Kier alpha value is -2.72. The fraction of sp³-hybridized carbons (Fsp3) is 0.381. The Kier molecular flexibility index (Phi) is 5.52. The molecule has 1 aliphatic heterocycles. The zero-order chi connectivity index (χ0) is 20.5. The minimum absolute atomic E-state index is 0.138. The van der Waals surface area contributed by atoms with Crippen molar-refractivity contribution in [2.24, 2.45) is 10.7 Å². The molecule has 0 spiro atoms. The van der Waals surface area contributed by atoms with Crippen LogP contribution in [0.2, 0.25) is 0 Å². The number of aliphatic imine (C=N–C) groups is 1. The van der Waals surface area contributed by atoms with Crippen molar-refractivity contribution in [2.45, 2.75) is 44.3 Å². The number of nitrogens with zero attached hydrogens (tertiary/aromatic N) is 3. The number of carbonyl (C=O) groups excluding carboxylic acids is 1. The average molecular weight is 399 g/mol. The van der Waals surface area contributed by atoms with E-state index in [-0.39, 0.29) is 11.9 Å². The molecule has 7 heteroatoms. The van der Waals surface area contributed by atoms with Crippen molar-refractivity contribution in [3.63, 3.8) is 0 Å². The molecule has 1 aromatic carbocycles. The number of hydrogen-bond donors (Lipinski definition) is 1. The van der Waals surface area contributed by atoms with Crippen LogP contribution in [0.4, 0.5) is 4.39 Å². The molecule has 3 atom stereocenters. The summed E-state index contributed by atoms with van der Waals surface area (Å²) in [6, 6.07) is 12.7. The summed E-state index contributed by atoms with van der Waals surface area (Å²) in [6.07, 6.45) is 0.217. The van der Waals surface area contributed by atoms with Gasteiger partial charge in [0.1, 0.15) is 22.7 Å². The van der Waals surface area contributed by atoms with Crippen molar-refractivity contribution in [1.82, 2.24) is 4.90 Å². The zero-order valence-corrected chi connectivity index (χ0v) is 17.0. The Morgan fingerprint density at radius 2 is 2.04 bits per heavy atom. The zero-order valence-electron chi connectivity index (χ0n) is 16.1. The lowest BCUT2D eigenvalue weighted by molar-refractivity contribution is -0.130. The first-order valence-electron chi connectivity index (χ1n) is 9.19. The number of hydrogen-bond acceptors (Lipinski definition) is 5. The quantitative estimate of drug-likeness (QED) is 0.819. The maximum absolute atomic E-state index is 14.2. The molecule has 146 valence electrons. The summed E-state index contributed by atoms with van der Waals surface area (Å²) >= 11 is 1.30. The minimum Gasteiger partial charge on any atom is -0.369 e. The van der Waals surface area contributed by atoms with Crippen LogP contribution in [0.15, 0.2) is 41.4 Å². The molecule has 3 rings (SSSR count). The monoisotopic (exact) mass is 398 g/mol. The van der Waals surface area contributed by atoms with Crippen molar-refractivity contribution < 1.29 is 9.18 Å². The number of nitriles is 1. The highest BCUT2D eigenvalue weighted by Crippen LogP contribution is 2.46. The number of benzene rings is 1. The topological polar surface area (TPSA) is 82.5 Å². The van der Waals surface area contributed by atoms with Gasteiger partial charge >= 0.3 is 0 Å². The van der Waals surface area contributed by atoms with Crippen molar-refractivity contribution in [1.29, 1.82) is 5.26 Å². The van der Waals surface area contributed by atoms with Gasteiger partial charge in [-0.25, -0.2) is 9.38 Å². The molecule has 2 unspecified atom stereocenters. The summed E-state index contributed by atoms with van der Waals surface area (Å²) in [6.45, 7) is 3.80. The highest BCUT2D eigenvalue weighted by molar-refractivity contribution is 7.12. The predicted molar refractivity (Wildman–Crippen MR) is 109 cm³/mol. The smallest absolute Gasteiger partial charge is 0.239 e. The summed E-state index contributed by atoms with van der Waals surface area (Å²) < 4.78 is 14.2. The van der Waals surface area contributed by atoms with Crippen molar-refractivity contribution >= 4 is 23.2 Å². The van der Waals surface area contributed by atoms with Gasteiger partial charge in [0.2, 0.25) is 5.91 Å². The van der Waals surface area contributed by atoms with Crippen molar-refractivity contribution in [3.05, 3.63) is 57.3 Å². The van der Waals surface area contributed by atoms with Gasteiger partial charge < -0.3 is 5.73 Å². The lowest BCUT2D eigenvalue weighted by atomic mass is 9.77. The second kappa shape index (κ2) is 7.72. The maximum atomic E-state index is 14.2. The molecular weight excluding hydrogens is 375 g/mol. The van der Waals surface area contributed by atoms with Gasteiger partial charge in [0.25, 0.3) is 0 Å². The summed E-state index contributed by atoms with van der Waals surface area (Å²) in [5, 5.41) is 9.18. The van der Waals surface area contributed by atoms with E-state index >= 15 is 0 Å². The van der Waals surface area contributed by atoms with Crippen LogP contribution in [-0.4, -0.2) is 23.8 Å². The molecule has 2 N–H and O–H groups in total. The molecule has 0 bridgehead atoms. The second-order valence-electron chi connectivity index (χ2n) is 7.15. The molecule has 1 aromatic heterocycles.